The minimum Gasteiger partial charge on any atom is -0.481 e. The minimum absolute atomic E-state index is 0.00478. The summed E-state index contributed by atoms with van der Waals surface area (Å²) in [6.07, 6.45) is 10.4. The Morgan fingerprint density at radius 2 is 1.37 bits per heavy atom. The Morgan fingerprint density at radius 1 is 0.732 bits per heavy atom. The Labute approximate surface area is 246 Å². The smallest absolute Gasteiger partial charge is 0.310 e. The van der Waals surface area contributed by atoms with Crippen molar-refractivity contribution < 1.29 is 47.7 Å². The summed E-state index contributed by atoms with van der Waals surface area (Å²) in [6, 6.07) is 0. The first kappa shape index (κ1) is 32.8. The first-order chi connectivity index (χ1) is 19.7. The molecule has 4 rings (SSSR count). The van der Waals surface area contributed by atoms with Gasteiger partial charge in [0.1, 0.15) is 6.10 Å². The molecule has 2 N–H and O–H groups in total. The third-order valence-electron chi connectivity index (χ3n) is 9.94. The number of carbonyl (C=O) groups is 2. The molecule has 0 aliphatic heterocycles. The number of carboxylic acid groups (broad SMARTS) is 1. The van der Waals surface area contributed by atoms with Crippen LogP contribution in [-0.4, -0.2) is 63.3 Å². The summed E-state index contributed by atoms with van der Waals surface area (Å²) in [5.74, 6) is -1.00. The summed E-state index contributed by atoms with van der Waals surface area (Å²) in [5.41, 5.74) is 0. The average Bonchev–Trinajstić information content (AvgIpc) is 2.95. The van der Waals surface area contributed by atoms with Crippen molar-refractivity contribution in [1.82, 2.24) is 0 Å². The minimum atomic E-state index is -1.40. The molecule has 0 aromatic rings. The van der Waals surface area contributed by atoms with Crippen molar-refractivity contribution >= 4 is 23.0 Å². The SMILES string of the molecule is CC1CCC(COO)C(COOC2CCC(OS(=O)C3CCC(OC(=O)C4CC(C)CCC4C(=O)O)CC3)CC2)C1. The topological polar surface area (TPSA) is 138 Å². The highest BCUT2D eigenvalue weighted by molar-refractivity contribution is 7.80. The van der Waals surface area contributed by atoms with Crippen LogP contribution in [0.4, 0.5) is 0 Å². The molecular weight excluding hydrogens is 552 g/mol. The van der Waals surface area contributed by atoms with Gasteiger partial charge in [0.25, 0.3) is 0 Å². The number of esters is 1. The third kappa shape index (κ3) is 9.69. The van der Waals surface area contributed by atoms with Crippen LogP contribution in [0.2, 0.25) is 0 Å². The fourth-order valence-corrected chi connectivity index (χ4v) is 8.55. The lowest BCUT2D eigenvalue weighted by Crippen LogP contribution is -2.39. The molecule has 4 saturated carbocycles. The molecule has 0 heterocycles. The van der Waals surface area contributed by atoms with E-state index in [1.54, 1.807) is 0 Å². The summed E-state index contributed by atoms with van der Waals surface area (Å²) in [7, 11) is 0. The summed E-state index contributed by atoms with van der Waals surface area (Å²) in [6.45, 7) is 5.12. The number of hydrogen-bond donors (Lipinski definition) is 2. The number of hydrogen-bond acceptors (Lipinski definition) is 9. The van der Waals surface area contributed by atoms with Gasteiger partial charge in [-0.05, 0) is 107 Å². The van der Waals surface area contributed by atoms with Gasteiger partial charge in [0.05, 0.1) is 42.5 Å². The maximum absolute atomic E-state index is 13.0. The van der Waals surface area contributed by atoms with Crippen molar-refractivity contribution in [2.45, 2.75) is 127 Å². The first-order valence-electron chi connectivity index (χ1n) is 15.8. The number of carboxylic acids is 1. The van der Waals surface area contributed by atoms with Gasteiger partial charge in [0, 0.05) is 0 Å². The molecule has 0 spiro atoms. The van der Waals surface area contributed by atoms with Crippen LogP contribution in [0.5, 0.6) is 0 Å². The van der Waals surface area contributed by atoms with Gasteiger partial charge >= 0.3 is 11.9 Å². The van der Waals surface area contributed by atoms with E-state index in [-0.39, 0.29) is 35.4 Å². The Kier molecular flexibility index (Phi) is 12.9. The fourth-order valence-electron chi connectivity index (χ4n) is 7.27. The van der Waals surface area contributed by atoms with Gasteiger partial charge in [-0.15, -0.1) is 0 Å². The second kappa shape index (κ2) is 16.1. The van der Waals surface area contributed by atoms with E-state index in [2.05, 4.69) is 18.7 Å². The summed E-state index contributed by atoms with van der Waals surface area (Å²) < 4.78 is 24.7. The van der Waals surface area contributed by atoms with Crippen molar-refractivity contribution in [3.63, 3.8) is 0 Å². The number of rotatable bonds is 12. The lowest BCUT2D eigenvalue weighted by molar-refractivity contribution is -0.340. The molecule has 7 unspecified atom stereocenters. The molecule has 0 bridgehead atoms. The highest BCUT2D eigenvalue weighted by atomic mass is 32.2. The second-order valence-corrected chi connectivity index (χ2v) is 14.6. The van der Waals surface area contributed by atoms with Crippen molar-refractivity contribution in [2.75, 3.05) is 13.2 Å². The number of carbonyl (C=O) groups excluding carboxylic acids is 1. The van der Waals surface area contributed by atoms with Gasteiger partial charge in [0.2, 0.25) is 0 Å². The average molecular weight is 603 g/mol. The number of aliphatic carboxylic acids is 1. The Bertz CT molecular complexity index is 854. The van der Waals surface area contributed by atoms with Gasteiger partial charge in [-0.3, -0.25) is 19.0 Å². The van der Waals surface area contributed by atoms with Gasteiger partial charge in [-0.25, -0.2) is 18.9 Å². The zero-order chi connectivity index (χ0) is 29.4. The van der Waals surface area contributed by atoms with E-state index in [0.717, 1.165) is 51.4 Å². The summed E-state index contributed by atoms with van der Waals surface area (Å²) in [4.78, 5) is 40.2. The zero-order valence-corrected chi connectivity index (χ0v) is 25.5. The van der Waals surface area contributed by atoms with Crippen LogP contribution in [0, 0.1) is 35.5 Å². The van der Waals surface area contributed by atoms with Crippen LogP contribution in [0.15, 0.2) is 0 Å². The standard InChI is InChI=1S/C30H50O10S/c1-19-3-5-21(17-36-34)22(15-19)18-37-39-24-6-8-25(9-7-24)40-41(35)26-12-10-23(11-13-26)38-30(33)28-16-20(2)4-14-27(28)29(31)32/h19-28,34H,3-18H2,1-2H3,(H,31,32). The lowest BCUT2D eigenvalue weighted by atomic mass is 9.74. The van der Waals surface area contributed by atoms with Crippen LogP contribution < -0.4 is 0 Å². The van der Waals surface area contributed by atoms with Crippen LogP contribution in [0.3, 0.4) is 0 Å². The molecule has 4 aliphatic rings. The normalized spacial score (nSPS) is 39.1. The Hall–Kier alpha value is -1.11. The molecule has 0 aromatic heterocycles. The zero-order valence-electron chi connectivity index (χ0n) is 24.7. The van der Waals surface area contributed by atoms with E-state index in [4.69, 9.17) is 24.0 Å². The van der Waals surface area contributed by atoms with Gasteiger partial charge in [-0.2, -0.15) is 0 Å². The van der Waals surface area contributed by atoms with E-state index in [9.17, 15) is 18.9 Å². The molecule has 4 aliphatic carbocycles. The number of ether oxygens (including phenoxy) is 1. The van der Waals surface area contributed by atoms with E-state index in [1.807, 2.05) is 0 Å². The largest absolute Gasteiger partial charge is 0.481 e. The Balaban J connectivity index is 1.11. The van der Waals surface area contributed by atoms with Crippen molar-refractivity contribution in [2.24, 2.45) is 35.5 Å². The molecule has 41 heavy (non-hydrogen) atoms. The lowest BCUT2D eigenvalue weighted by Gasteiger charge is -2.34. The van der Waals surface area contributed by atoms with E-state index < -0.39 is 28.9 Å². The molecule has 0 saturated heterocycles. The molecule has 10 nitrogen and oxygen atoms in total. The van der Waals surface area contributed by atoms with Crippen LogP contribution in [0.1, 0.15) is 104 Å². The molecule has 0 aromatic carbocycles. The van der Waals surface area contributed by atoms with E-state index >= 15 is 0 Å². The third-order valence-corrected chi connectivity index (χ3v) is 11.4. The highest BCUT2D eigenvalue weighted by Crippen LogP contribution is 2.37. The van der Waals surface area contributed by atoms with Gasteiger partial charge in [0.15, 0.2) is 11.1 Å². The van der Waals surface area contributed by atoms with Crippen LogP contribution >= 0.6 is 0 Å². The molecule has 0 radical (unpaired) electrons. The molecular formula is C30H50O10S. The van der Waals surface area contributed by atoms with Crippen molar-refractivity contribution in [3.05, 3.63) is 0 Å². The van der Waals surface area contributed by atoms with E-state index in [1.165, 1.54) is 0 Å². The fraction of sp³-hybridized carbons (Fsp3) is 0.933. The first-order valence-corrected chi connectivity index (χ1v) is 16.9. The predicted octanol–water partition coefficient (Wildman–Crippen LogP) is 5.46. The van der Waals surface area contributed by atoms with Gasteiger partial charge < -0.3 is 9.84 Å². The highest BCUT2D eigenvalue weighted by Gasteiger charge is 2.41. The molecule has 236 valence electrons. The molecule has 4 fully saturated rings. The van der Waals surface area contributed by atoms with Crippen LogP contribution in [0.25, 0.3) is 0 Å². The summed E-state index contributed by atoms with van der Waals surface area (Å²) in [5, 5.41) is 18.3. The molecule has 11 heteroatoms. The maximum Gasteiger partial charge on any atom is 0.310 e. The van der Waals surface area contributed by atoms with Crippen LogP contribution in [-0.2, 0) is 44.3 Å². The Morgan fingerprint density at radius 3 is 2.05 bits per heavy atom. The maximum atomic E-state index is 13.0. The quantitative estimate of drug-likeness (QED) is 0.168. The predicted molar refractivity (Wildman–Crippen MR) is 151 cm³/mol. The van der Waals surface area contributed by atoms with E-state index in [0.29, 0.717) is 69.5 Å². The van der Waals surface area contributed by atoms with Crippen molar-refractivity contribution in [3.8, 4) is 0 Å². The monoisotopic (exact) mass is 602 g/mol. The van der Waals surface area contributed by atoms with Crippen molar-refractivity contribution in [1.29, 1.82) is 0 Å². The second-order valence-electron chi connectivity index (χ2n) is 13.2. The molecule has 7 atom stereocenters. The molecule has 0 amide bonds. The van der Waals surface area contributed by atoms with Gasteiger partial charge in [-0.1, -0.05) is 20.3 Å². The summed E-state index contributed by atoms with van der Waals surface area (Å²) >= 11 is -1.40.